The molecule has 18 heavy (non-hydrogen) atoms. The number of hydrogen-bond donors (Lipinski definition) is 1. The predicted molar refractivity (Wildman–Crippen MR) is 76.9 cm³/mol. The highest BCUT2D eigenvalue weighted by Gasteiger charge is 2.09. The van der Waals surface area contributed by atoms with Crippen LogP contribution in [0.5, 0.6) is 0 Å². The number of ether oxygens (including phenoxy) is 1. The molecule has 0 radical (unpaired) electrons. The van der Waals surface area contributed by atoms with Crippen molar-refractivity contribution in [3.63, 3.8) is 0 Å². The molecule has 0 bridgehead atoms. The zero-order chi connectivity index (χ0) is 13.4. The average Bonchev–Trinajstić information content (AvgIpc) is 2.37. The Bertz CT molecular complexity index is 346. The van der Waals surface area contributed by atoms with Crippen LogP contribution in [0.3, 0.4) is 0 Å². The third kappa shape index (κ3) is 5.36. The van der Waals surface area contributed by atoms with E-state index in [1.54, 1.807) is 0 Å². The minimum Gasteiger partial charge on any atom is -0.377 e. The molecule has 0 saturated heterocycles. The van der Waals surface area contributed by atoms with Gasteiger partial charge in [-0.25, -0.2) is 0 Å². The Labute approximate surface area is 115 Å². The van der Waals surface area contributed by atoms with Crippen molar-refractivity contribution in [1.29, 1.82) is 0 Å². The fraction of sp³-hybridized carbons (Fsp3) is 0.571. The van der Waals surface area contributed by atoms with Crippen molar-refractivity contribution >= 4 is 11.6 Å². The normalized spacial score (nSPS) is 12.9. The minimum atomic E-state index is 0.156. The summed E-state index contributed by atoms with van der Waals surface area (Å²) >= 11 is 6.14. The Hall–Kier alpha value is -0.610. The molecule has 1 rings (SSSR count). The SMILES string of the molecule is CCOC(CN)CCN(C)Cc1ccccc1Cl. The molecule has 102 valence electrons. The summed E-state index contributed by atoms with van der Waals surface area (Å²) in [7, 11) is 2.09. The van der Waals surface area contributed by atoms with Crippen molar-refractivity contribution in [2.24, 2.45) is 5.73 Å². The second-order valence-electron chi connectivity index (χ2n) is 4.43. The van der Waals surface area contributed by atoms with Gasteiger partial charge in [-0.15, -0.1) is 0 Å². The Morgan fingerprint density at radius 1 is 1.39 bits per heavy atom. The number of hydrogen-bond acceptors (Lipinski definition) is 3. The highest BCUT2D eigenvalue weighted by molar-refractivity contribution is 6.31. The van der Waals surface area contributed by atoms with E-state index in [9.17, 15) is 0 Å². The van der Waals surface area contributed by atoms with Gasteiger partial charge in [0.1, 0.15) is 0 Å². The molecule has 0 aromatic heterocycles. The standard InChI is InChI=1S/C14H23ClN2O/c1-3-18-13(10-16)8-9-17(2)11-12-6-4-5-7-14(12)15/h4-7,13H,3,8-11,16H2,1-2H3. The van der Waals surface area contributed by atoms with Crippen molar-refractivity contribution < 1.29 is 4.74 Å². The van der Waals surface area contributed by atoms with Gasteiger partial charge >= 0.3 is 0 Å². The lowest BCUT2D eigenvalue weighted by atomic mass is 10.2. The fourth-order valence-corrected chi connectivity index (χ4v) is 2.06. The van der Waals surface area contributed by atoms with Gasteiger partial charge in [-0.2, -0.15) is 0 Å². The Morgan fingerprint density at radius 2 is 2.11 bits per heavy atom. The molecule has 2 N–H and O–H groups in total. The van der Waals surface area contributed by atoms with Crippen LogP contribution in [0.4, 0.5) is 0 Å². The van der Waals surface area contributed by atoms with Crippen LogP contribution in [0.1, 0.15) is 18.9 Å². The van der Waals surface area contributed by atoms with Gasteiger partial charge in [0.15, 0.2) is 0 Å². The summed E-state index contributed by atoms with van der Waals surface area (Å²) in [4.78, 5) is 2.24. The Morgan fingerprint density at radius 3 is 2.72 bits per heavy atom. The molecule has 1 atom stereocenters. The van der Waals surface area contributed by atoms with Crippen molar-refractivity contribution in [3.8, 4) is 0 Å². The van der Waals surface area contributed by atoms with Gasteiger partial charge in [0.2, 0.25) is 0 Å². The highest BCUT2D eigenvalue weighted by atomic mass is 35.5. The van der Waals surface area contributed by atoms with E-state index in [0.717, 1.165) is 36.7 Å². The molecule has 1 unspecified atom stereocenters. The van der Waals surface area contributed by atoms with Crippen molar-refractivity contribution in [2.75, 3.05) is 26.7 Å². The van der Waals surface area contributed by atoms with E-state index in [1.807, 2.05) is 25.1 Å². The molecule has 0 spiro atoms. The summed E-state index contributed by atoms with van der Waals surface area (Å²) in [5.41, 5.74) is 6.81. The van der Waals surface area contributed by atoms with Gasteiger partial charge in [0, 0.05) is 31.3 Å². The van der Waals surface area contributed by atoms with Crippen molar-refractivity contribution in [1.82, 2.24) is 4.90 Å². The van der Waals surface area contributed by atoms with Gasteiger partial charge in [-0.05, 0) is 32.0 Å². The molecular formula is C14H23ClN2O. The minimum absolute atomic E-state index is 0.156. The zero-order valence-electron chi connectivity index (χ0n) is 11.2. The number of nitrogens with two attached hydrogens (primary N) is 1. The van der Waals surface area contributed by atoms with Crippen LogP contribution in [-0.2, 0) is 11.3 Å². The highest BCUT2D eigenvalue weighted by Crippen LogP contribution is 2.16. The van der Waals surface area contributed by atoms with Crippen molar-refractivity contribution in [3.05, 3.63) is 34.9 Å². The Kier molecular flexibility index (Phi) is 7.28. The van der Waals surface area contributed by atoms with Gasteiger partial charge < -0.3 is 15.4 Å². The van der Waals surface area contributed by atoms with Crippen molar-refractivity contribution in [2.45, 2.75) is 26.0 Å². The molecule has 0 fully saturated rings. The first-order valence-electron chi connectivity index (χ1n) is 6.41. The van der Waals surface area contributed by atoms with E-state index >= 15 is 0 Å². The second kappa shape index (κ2) is 8.48. The molecular weight excluding hydrogens is 248 g/mol. The molecule has 1 aromatic rings. The summed E-state index contributed by atoms with van der Waals surface area (Å²) in [6.07, 6.45) is 1.11. The second-order valence-corrected chi connectivity index (χ2v) is 4.84. The van der Waals surface area contributed by atoms with E-state index in [-0.39, 0.29) is 6.10 Å². The number of halogens is 1. The molecule has 1 aromatic carbocycles. The van der Waals surface area contributed by atoms with E-state index < -0.39 is 0 Å². The molecule has 0 heterocycles. The summed E-state index contributed by atoms with van der Waals surface area (Å²) < 4.78 is 5.54. The lowest BCUT2D eigenvalue weighted by Gasteiger charge is -2.21. The molecule has 0 aliphatic rings. The largest absolute Gasteiger partial charge is 0.377 e. The van der Waals surface area contributed by atoms with Crippen LogP contribution in [0.15, 0.2) is 24.3 Å². The maximum absolute atomic E-state index is 6.14. The maximum atomic E-state index is 6.14. The van der Waals surface area contributed by atoms with Crippen LogP contribution in [0, 0.1) is 0 Å². The molecule has 4 heteroatoms. The summed E-state index contributed by atoms with van der Waals surface area (Å²) in [6, 6.07) is 7.94. The molecule has 0 amide bonds. The quantitative estimate of drug-likeness (QED) is 0.789. The first-order chi connectivity index (χ1) is 8.67. The number of nitrogens with zero attached hydrogens (tertiary/aromatic N) is 1. The van der Waals surface area contributed by atoms with Gasteiger partial charge in [-0.1, -0.05) is 29.8 Å². The van der Waals surface area contributed by atoms with E-state index in [2.05, 4.69) is 18.0 Å². The smallest absolute Gasteiger partial charge is 0.0709 e. The Balaban J connectivity index is 2.37. The molecule has 0 saturated carbocycles. The zero-order valence-corrected chi connectivity index (χ0v) is 12.0. The van der Waals surface area contributed by atoms with Gasteiger partial charge in [0.05, 0.1) is 6.10 Å². The molecule has 3 nitrogen and oxygen atoms in total. The topological polar surface area (TPSA) is 38.5 Å². The monoisotopic (exact) mass is 270 g/mol. The van der Waals surface area contributed by atoms with E-state index in [0.29, 0.717) is 6.54 Å². The maximum Gasteiger partial charge on any atom is 0.0709 e. The van der Waals surface area contributed by atoms with Crippen LogP contribution >= 0.6 is 11.6 Å². The average molecular weight is 271 g/mol. The first kappa shape index (κ1) is 15.4. The van der Waals surface area contributed by atoms with Crippen LogP contribution in [0.25, 0.3) is 0 Å². The lowest BCUT2D eigenvalue weighted by Crippen LogP contribution is -2.29. The van der Waals surface area contributed by atoms with Crippen LogP contribution < -0.4 is 5.73 Å². The third-order valence-electron chi connectivity index (χ3n) is 2.90. The van der Waals surface area contributed by atoms with Crippen LogP contribution in [0.2, 0.25) is 5.02 Å². The van der Waals surface area contributed by atoms with Gasteiger partial charge in [-0.3, -0.25) is 0 Å². The van der Waals surface area contributed by atoms with Gasteiger partial charge in [0.25, 0.3) is 0 Å². The fourth-order valence-electron chi connectivity index (χ4n) is 1.87. The summed E-state index contributed by atoms with van der Waals surface area (Å²) in [5.74, 6) is 0. The number of benzene rings is 1. The molecule has 0 aliphatic carbocycles. The number of rotatable bonds is 8. The first-order valence-corrected chi connectivity index (χ1v) is 6.78. The van der Waals surface area contributed by atoms with E-state index in [1.165, 1.54) is 0 Å². The summed E-state index contributed by atoms with van der Waals surface area (Å²) in [5, 5.41) is 0.824. The third-order valence-corrected chi connectivity index (χ3v) is 3.26. The van der Waals surface area contributed by atoms with E-state index in [4.69, 9.17) is 22.1 Å². The predicted octanol–water partition coefficient (Wildman–Crippen LogP) is 2.53. The lowest BCUT2D eigenvalue weighted by molar-refractivity contribution is 0.0559. The molecule has 0 aliphatic heterocycles. The van der Waals surface area contributed by atoms with Crippen LogP contribution in [-0.4, -0.2) is 37.7 Å². The summed E-state index contributed by atoms with van der Waals surface area (Å²) in [6.45, 7) is 5.09.